The molecule has 9 heteroatoms. The monoisotopic (exact) mass is 447 g/mol. The maximum Gasteiger partial charge on any atom is 0.307 e. The van der Waals surface area contributed by atoms with Crippen LogP contribution in [0.2, 0.25) is 0 Å². The summed E-state index contributed by atoms with van der Waals surface area (Å²) < 4.78 is 7.26. The van der Waals surface area contributed by atoms with E-state index >= 15 is 0 Å². The Hall–Kier alpha value is -1.97. The van der Waals surface area contributed by atoms with Gasteiger partial charge in [0.15, 0.2) is 10.7 Å². The predicted octanol–water partition coefficient (Wildman–Crippen LogP) is 2.48. The molecule has 2 aromatic heterocycles. The molecule has 4 heterocycles. The molecule has 31 heavy (non-hydrogen) atoms. The molecule has 170 valence electrons. The highest BCUT2D eigenvalue weighted by Gasteiger charge is 2.30. The minimum atomic E-state index is -0.140. The van der Waals surface area contributed by atoms with Gasteiger partial charge in [-0.3, -0.25) is 18.9 Å². The Kier molecular flexibility index (Phi) is 7.24. The molecule has 4 rings (SSSR count). The van der Waals surface area contributed by atoms with Gasteiger partial charge in [0.2, 0.25) is 0 Å². The molecule has 0 spiro atoms. The molecule has 0 radical (unpaired) electrons. The summed E-state index contributed by atoms with van der Waals surface area (Å²) in [6.07, 6.45) is 6.58. The molecular weight excluding hydrogens is 414 g/mol. The number of esters is 1. The molecule has 1 amide bonds. The number of amides is 1. The van der Waals surface area contributed by atoms with Gasteiger partial charge < -0.3 is 14.5 Å². The van der Waals surface area contributed by atoms with Crippen molar-refractivity contribution in [2.75, 3.05) is 46.4 Å². The van der Waals surface area contributed by atoms with E-state index in [2.05, 4.69) is 21.2 Å². The van der Waals surface area contributed by atoms with Gasteiger partial charge in [-0.15, -0.1) is 11.3 Å². The second-order valence-electron chi connectivity index (χ2n) is 8.54. The van der Waals surface area contributed by atoms with E-state index in [-0.39, 0.29) is 17.9 Å². The summed E-state index contributed by atoms with van der Waals surface area (Å²) in [5.41, 5.74) is 1.51. The first kappa shape index (κ1) is 22.2. The predicted molar refractivity (Wildman–Crippen MR) is 120 cm³/mol. The summed E-state index contributed by atoms with van der Waals surface area (Å²) in [4.78, 5) is 37.8. The lowest BCUT2D eigenvalue weighted by atomic mass is 9.99. The molecule has 0 unspecified atom stereocenters. The van der Waals surface area contributed by atoms with Gasteiger partial charge in [-0.05, 0) is 46.3 Å². The Morgan fingerprint density at radius 1 is 1.16 bits per heavy atom. The van der Waals surface area contributed by atoms with Crippen LogP contribution in [0.1, 0.15) is 55.2 Å². The number of ether oxygens (including phenoxy) is 1. The number of piperidine rings is 1. The topological polar surface area (TPSA) is 70.4 Å². The molecule has 2 saturated heterocycles. The maximum absolute atomic E-state index is 13.5. The number of imidazole rings is 1. The van der Waals surface area contributed by atoms with E-state index < -0.39 is 0 Å². The van der Waals surface area contributed by atoms with Gasteiger partial charge in [-0.25, -0.2) is 4.98 Å². The molecule has 2 aromatic rings. The average molecular weight is 448 g/mol. The number of nitrogens with zero attached hydrogens (tertiary/aromatic N) is 5. The Morgan fingerprint density at radius 3 is 2.87 bits per heavy atom. The van der Waals surface area contributed by atoms with Crippen LogP contribution in [0.25, 0.3) is 4.96 Å². The molecule has 0 aromatic carbocycles. The van der Waals surface area contributed by atoms with Crippen molar-refractivity contribution in [3.63, 3.8) is 0 Å². The summed E-state index contributed by atoms with van der Waals surface area (Å²) in [5.74, 6) is -0.112. The Bertz CT molecular complexity index is 910. The van der Waals surface area contributed by atoms with Crippen LogP contribution in [0.5, 0.6) is 0 Å². The number of thiazole rings is 1. The quantitative estimate of drug-likeness (QED) is 0.634. The zero-order valence-corrected chi connectivity index (χ0v) is 19.4. The highest BCUT2D eigenvalue weighted by atomic mass is 32.1. The van der Waals surface area contributed by atoms with Gasteiger partial charge in [0.25, 0.3) is 5.91 Å². The summed E-state index contributed by atoms with van der Waals surface area (Å²) in [5, 5.41) is 2.01. The first-order chi connectivity index (χ1) is 15.1. The highest BCUT2D eigenvalue weighted by Crippen LogP contribution is 2.26. The second kappa shape index (κ2) is 10.1. The lowest BCUT2D eigenvalue weighted by Gasteiger charge is -2.35. The summed E-state index contributed by atoms with van der Waals surface area (Å²) in [6, 6.07) is 0.145. The van der Waals surface area contributed by atoms with E-state index in [0.29, 0.717) is 25.3 Å². The van der Waals surface area contributed by atoms with Gasteiger partial charge in [-0.2, -0.15) is 0 Å². The number of hydrogen-bond acceptors (Lipinski definition) is 7. The lowest BCUT2D eigenvalue weighted by Crippen LogP contribution is -2.41. The molecule has 0 N–H and O–H groups in total. The molecule has 0 bridgehead atoms. The summed E-state index contributed by atoms with van der Waals surface area (Å²) in [7, 11) is 2.10. The van der Waals surface area contributed by atoms with Crippen molar-refractivity contribution in [2.45, 2.75) is 51.6 Å². The number of carbonyl (C=O) groups is 2. The number of hydrogen-bond donors (Lipinski definition) is 0. The molecule has 0 saturated carbocycles. The van der Waals surface area contributed by atoms with E-state index in [1.54, 1.807) is 11.3 Å². The molecular formula is C22H33N5O3S. The third kappa shape index (κ3) is 5.10. The van der Waals surface area contributed by atoms with Crippen LogP contribution in [-0.2, 0) is 16.1 Å². The Balaban J connectivity index is 1.57. The fourth-order valence-corrected chi connectivity index (χ4v) is 5.39. The Morgan fingerprint density at radius 2 is 2.03 bits per heavy atom. The van der Waals surface area contributed by atoms with Crippen molar-refractivity contribution < 1.29 is 14.3 Å². The normalized spacial score (nSPS) is 21.4. The van der Waals surface area contributed by atoms with Crippen molar-refractivity contribution >= 4 is 28.2 Å². The number of likely N-dealkylation sites (N-methyl/N-ethyl adjacent to an activating group) is 1. The lowest BCUT2D eigenvalue weighted by molar-refractivity contribution is -0.145. The first-order valence-corrected chi connectivity index (χ1v) is 12.3. The smallest absolute Gasteiger partial charge is 0.307 e. The summed E-state index contributed by atoms with van der Waals surface area (Å²) >= 11 is 1.55. The van der Waals surface area contributed by atoms with Gasteiger partial charge in [0, 0.05) is 43.8 Å². The number of fused-ring (bicyclic) bond motifs is 1. The van der Waals surface area contributed by atoms with Gasteiger partial charge in [0.05, 0.1) is 18.7 Å². The van der Waals surface area contributed by atoms with Gasteiger partial charge in [0.1, 0.15) is 0 Å². The van der Waals surface area contributed by atoms with Crippen molar-refractivity contribution in [1.82, 2.24) is 24.1 Å². The van der Waals surface area contributed by atoms with Crippen LogP contribution in [0.15, 0.2) is 11.6 Å². The molecule has 1 atom stereocenters. The zero-order valence-electron chi connectivity index (χ0n) is 18.6. The zero-order chi connectivity index (χ0) is 21.8. The van der Waals surface area contributed by atoms with Crippen LogP contribution in [0.4, 0.5) is 0 Å². The Labute approximate surface area is 187 Å². The molecule has 2 aliphatic heterocycles. The molecule has 2 aliphatic rings. The van der Waals surface area contributed by atoms with Crippen LogP contribution in [0, 0.1) is 0 Å². The van der Waals surface area contributed by atoms with Crippen LogP contribution in [0.3, 0.4) is 0 Å². The van der Waals surface area contributed by atoms with E-state index in [9.17, 15) is 9.59 Å². The van der Waals surface area contributed by atoms with Crippen LogP contribution >= 0.6 is 11.3 Å². The fraction of sp³-hybridized carbons (Fsp3) is 0.682. The third-order valence-corrected chi connectivity index (χ3v) is 7.14. The van der Waals surface area contributed by atoms with Crippen molar-refractivity contribution in [3.8, 4) is 0 Å². The van der Waals surface area contributed by atoms with Gasteiger partial charge >= 0.3 is 5.97 Å². The summed E-state index contributed by atoms with van der Waals surface area (Å²) in [6.45, 7) is 7.19. The van der Waals surface area contributed by atoms with Crippen molar-refractivity contribution in [2.24, 2.45) is 0 Å². The minimum absolute atomic E-state index is 0.0279. The average Bonchev–Trinajstić information content (AvgIpc) is 3.27. The van der Waals surface area contributed by atoms with E-state index in [1.165, 1.54) is 0 Å². The van der Waals surface area contributed by atoms with E-state index in [1.807, 2.05) is 23.4 Å². The van der Waals surface area contributed by atoms with Gasteiger partial charge in [-0.1, -0.05) is 6.42 Å². The van der Waals surface area contributed by atoms with E-state index in [0.717, 1.165) is 69.1 Å². The molecule has 8 nitrogen and oxygen atoms in total. The largest absolute Gasteiger partial charge is 0.466 e. The number of carbonyl (C=O) groups excluding carboxylic acids is 2. The number of rotatable bonds is 6. The SMILES string of the molecule is CCOC(=O)C[C@H]1CCCCN1Cc1c(C(=O)N2CCCN(C)CC2)nc2sccn12. The van der Waals surface area contributed by atoms with Crippen molar-refractivity contribution in [3.05, 3.63) is 23.0 Å². The number of aromatic nitrogens is 2. The van der Waals surface area contributed by atoms with Crippen LogP contribution in [-0.4, -0.2) is 88.4 Å². The first-order valence-electron chi connectivity index (χ1n) is 11.4. The standard InChI is InChI=1S/C22H33N5O3S/c1-3-30-19(28)15-17-7-4-5-9-26(17)16-18-20(23-22-27(18)13-14-31-22)21(29)25-10-6-8-24(2)11-12-25/h13-14,17H,3-12,15-16H2,1-2H3/t17-/m1/s1. The molecule has 0 aliphatic carbocycles. The van der Waals surface area contributed by atoms with Crippen LogP contribution < -0.4 is 0 Å². The second-order valence-corrected chi connectivity index (χ2v) is 9.41. The third-order valence-electron chi connectivity index (χ3n) is 6.38. The minimum Gasteiger partial charge on any atom is -0.466 e. The highest BCUT2D eigenvalue weighted by molar-refractivity contribution is 7.15. The molecule has 2 fully saturated rings. The number of likely N-dealkylation sites (tertiary alicyclic amines) is 1. The maximum atomic E-state index is 13.5. The fourth-order valence-electron chi connectivity index (χ4n) is 4.66. The van der Waals surface area contributed by atoms with E-state index in [4.69, 9.17) is 9.72 Å². The van der Waals surface area contributed by atoms with Crippen molar-refractivity contribution in [1.29, 1.82) is 0 Å².